The number of amides is 2. The van der Waals surface area contributed by atoms with E-state index in [1.54, 1.807) is 31.3 Å². The molecule has 2 amide bonds. The number of hydrogen-bond donors (Lipinski definition) is 2. The minimum Gasteiger partial charge on any atom is -0.444 e. The average Bonchev–Trinajstić information content (AvgIpc) is 3.22. The van der Waals surface area contributed by atoms with Gasteiger partial charge >= 0.3 is 0 Å². The maximum Gasteiger partial charge on any atom is 0.273 e. The summed E-state index contributed by atoms with van der Waals surface area (Å²) in [6, 6.07) is 8.21. The lowest BCUT2D eigenvalue weighted by atomic mass is 9.83. The summed E-state index contributed by atoms with van der Waals surface area (Å²) in [6.07, 6.45) is 6.44. The minimum absolute atomic E-state index is 0.124. The maximum atomic E-state index is 12.6. The van der Waals surface area contributed by atoms with Crippen molar-refractivity contribution in [3.8, 4) is 17.5 Å². The summed E-state index contributed by atoms with van der Waals surface area (Å²) in [5, 5.41) is 14.3. The molecule has 2 N–H and O–H groups in total. The molecule has 3 rings (SSSR count). The summed E-state index contributed by atoms with van der Waals surface area (Å²) in [7, 11) is 1.57. The predicted molar refractivity (Wildman–Crippen MR) is 98.5 cm³/mol. The number of hydrogen-bond acceptors (Lipinski definition) is 5. The summed E-state index contributed by atoms with van der Waals surface area (Å²) < 4.78 is 5.40. The molecule has 7 nitrogen and oxygen atoms in total. The molecule has 0 unspecified atom stereocenters. The standard InChI is InChI=1S/C20H22N4O3/c1-22-19(26)17(14-5-3-2-4-6-14)24-18(25)16-12-27-20(23-16)15-9-7-13(11-21)8-10-15/h7-10,12,14,17H,2-6H2,1H3,(H,22,26)(H,24,25)/t17-/m0/s1. The highest BCUT2D eigenvalue weighted by molar-refractivity contribution is 5.96. The van der Waals surface area contributed by atoms with Gasteiger partial charge in [0.2, 0.25) is 11.8 Å². The maximum absolute atomic E-state index is 12.6. The van der Waals surface area contributed by atoms with Crippen LogP contribution in [0.5, 0.6) is 0 Å². The number of aromatic nitrogens is 1. The summed E-state index contributed by atoms with van der Waals surface area (Å²) >= 11 is 0. The first-order chi connectivity index (χ1) is 13.1. The monoisotopic (exact) mass is 366 g/mol. The van der Waals surface area contributed by atoms with Gasteiger partial charge in [0, 0.05) is 12.6 Å². The van der Waals surface area contributed by atoms with Crippen LogP contribution in [-0.4, -0.2) is 29.9 Å². The molecule has 1 aromatic carbocycles. The van der Waals surface area contributed by atoms with Gasteiger partial charge in [0.05, 0.1) is 11.6 Å². The number of nitrogens with one attached hydrogen (secondary N) is 2. The second-order valence-electron chi connectivity index (χ2n) is 6.69. The van der Waals surface area contributed by atoms with E-state index in [4.69, 9.17) is 9.68 Å². The highest BCUT2D eigenvalue weighted by atomic mass is 16.3. The van der Waals surface area contributed by atoms with Gasteiger partial charge in [-0.3, -0.25) is 9.59 Å². The van der Waals surface area contributed by atoms with E-state index in [0.29, 0.717) is 17.0 Å². The molecule has 0 saturated heterocycles. The molecule has 1 atom stereocenters. The van der Waals surface area contributed by atoms with Crippen molar-refractivity contribution in [1.82, 2.24) is 15.6 Å². The first-order valence-electron chi connectivity index (χ1n) is 9.11. The molecule has 7 heteroatoms. The number of rotatable bonds is 5. The lowest BCUT2D eigenvalue weighted by Gasteiger charge is -2.29. The first-order valence-corrected chi connectivity index (χ1v) is 9.11. The zero-order valence-corrected chi connectivity index (χ0v) is 15.2. The van der Waals surface area contributed by atoms with Crippen molar-refractivity contribution in [2.45, 2.75) is 38.1 Å². The second kappa shape index (κ2) is 8.49. The third kappa shape index (κ3) is 4.34. The third-order valence-electron chi connectivity index (χ3n) is 4.93. The van der Waals surface area contributed by atoms with Crippen LogP contribution in [-0.2, 0) is 4.79 Å². The van der Waals surface area contributed by atoms with E-state index in [2.05, 4.69) is 15.6 Å². The molecule has 0 bridgehead atoms. The van der Waals surface area contributed by atoms with Gasteiger partial charge < -0.3 is 15.1 Å². The highest BCUT2D eigenvalue weighted by Gasteiger charge is 2.31. The third-order valence-corrected chi connectivity index (χ3v) is 4.93. The quantitative estimate of drug-likeness (QED) is 0.846. The van der Waals surface area contributed by atoms with Crippen molar-refractivity contribution >= 4 is 11.8 Å². The summed E-state index contributed by atoms with van der Waals surface area (Å²) in [5.41, 5.74) is 1.33. The fraction of sp³-hybridized carbons (Fsp3) is 0.400. The van der Waals surface area contributed by atoms with E-state index in [1.807, 2.05) is 6.07 Å². The van der Waals surface area contributed by atoms with Gasteiger partial charge in [-0.15, -0.1) is 0 Å². The SMILES string of the molecule is CNC(=O)[C@@H](NC(=O)c1coc(-c2ccc(C#N)cc2)n1)C1CCCCC1. The lowest BCUT2D eigenvalue weighted by Crippen LogP contribution is -2.50. The molecular formula is C20H22N4O3. The highest BCUT2D eigenvalue weighted by Crippen LogP contribution is 2.27. The van der Waals surface area contributed by atoms with Gasteiger partial charge in [0.25, 0.3) is 5.91 Å². The normalized spacial score (nSPS) is 15.6. The molecular weight excluding hydrogens is 344 g/mol. The molecule has 2 aromatic rings. The molecule has 0 spiro atoms. The van der Waals surface area contributed by atoms with E-state index < -0.39 is 11.9 Å². The molecule has 1 fully saturated rings. The summed E-state index contributed by atoms with van der Waals surface area (Å²) in [5.74, 6) is -0.199. The number of benzene rings is 1. The first kappa shape index (κ1) is 18.6. The summed E-state index contributed by atoms with van der Waals surface area (Å²) in [4.78, 5) is 29.1. The molecule has 1 aromatic heterocycles. The number of nitrogens with zero attached hydrogens (tertiary/aromatic N) is 2. The zero-order valence-electron chi connectivity index (χ0n) is 15.2. The van der Waals surface area contributed by atoms with Gasteiger partial charge in [-0.25, -0.2) is 4.98 Å². The topological polar surface area (TPSA) is 108 Å². The van der Waals surface area contributed by atoms with Gasteiger partial charge in [0.1, 0.15) is 12.3 Å². The van der Waals surface area contributed by atoms with E-state index in [9.17, 15) is 9.59 Å². The Balaban J connectivity index is 1.73. The van der Waals surface area contributed by atoms with Crippen molar-refractivity contribution in [2.75, 3.05) is 7.05 Å². The Labute approximate surface area is 157 Å². The molecule has 0 aliphatic heterocycles. The van der Waals surface area contributed by atoms with Crippen molar-refractivity contribution in [3.63, 3.8) is 0 Å². The lowest BCUT2D eigenvalue weighted by molar-refractivity contribution is -0.124. The Morgan fingerprint density at radius 3 is 2.56 bits per heavy atom. The van der Waals surface area contributed by atoms with Crippen LogP contribution in [0.3, 0.4) is 0 Å². The van der Waals surface area contributed by atoms with Gasteiger partial charge in [0.15, 0.2) is 5.69 Å². The molecule has 1 aliphatic carbocycles. The van der Waals surface area contributed by atoms with Crippen molar-refractivity contribution in [3.05, 3.63) is 41.8 Å². The molecule has 0 radical (unpaired) electrons. The molecule has 1 aliphatic rings. The Bertz CT molecular complexity index is 845. The van der Waals surface area contributed by atoms with Gasteiger partial charge in [-0.1, -0.05) is 19.3 Å². The number of nitriles is 1. The summed E-state index contributed by atoms with van der Waals surface area (Å²) in [6.45, 7) is 0. The van der Waals surface area contributed by atoms with Crippen LogP contribution in [0, 0.1) is 17.2 Å². The van der Waals surface area contributed by atoms with Gasteiger partial charge in [-0.2, -0.15) is 5.26 Å². The number of oxazole rings is 1. The molecule has 1 saturated carbocycles. The number of likely N-dealkylation sites (N-methyl/N-ethyl adjacent to an activating group) is 1. The van der Waals surface area contributed by atoms with Crippen molar-refractivity contribution < 1.29 is 14.0 Å². The Kier molecular flexibility index (Phi) is 5.87. The van der Waals surface area contributed by atoms with Crippen molar-refractivity contribution in [2.24, 2.45) is 5.92 Å². The molecule has 1 heterocycles. The Morgan fingerprint density at radius 1 is 1.22 bits per heavy atom. The average molecular weight is 366 g/mol. The molecule has 140 valence electrons. The Hall–Kier alpha value is -3.14. The fourth-order valence-electron chi connectivity index (χ4n) is 3.43. The van der Waals surface area contributed by atoms with Crippen LogP contribution in [0.1, 0.15) is 48.2 Å². The van der Waals surface area contributed by atoms with Crippen LogP contribution in [0.2, 0.25) is 0 Å². The molecule has 27 heavy (non-hydrogen) atoms. The smallest absolute Gasteiger partial charge is 0.273 e. The van der Waals surface area contributed by atoms with Crippen LogP contribution in [0.25, 0.3) is 11.5 Å². The van der Waals surface area contributed by atoms with Crippen LogP contribution in [0.4, 0.5) is 0 Å². The van der Waals surface area contributed by atoms with Gasteiger partial charge in [-0.05, 0) is 43.0 Å². The second-order valence-corrected chi connectivity index (χ2v) is 6.69. The fourth-order valence-corrected chi connectivity index (χ4v) is 3.43. The zero-order chi connectivity index (χ0) is 19.2. The van der Waals surface area contributed by atoms with E-state index in [0.717, 1.165) is 25.7 Å². The van der Waals surface area contributed by atoms with Crippen molar-refractivity contribution in [1.29, 1.82) is 5.26 Å². The number of carbonyl (C=O) groups excluding carboxylic acids is 2. The van der Waals surface area contributed by atoms with E-state index in [-0.39, 0.29) is 17.5 Å². The largest absolute Gasteiger partial charge is 0.444 e. The van der Waals surface area contributed by atoms with Crippen LogP contribution >= 0.6 is 0 Å². The minimum atomic E-state index is -0.571. The van der Waals surface area contributed by atoms with Crippen LogP contribution < -0.4 is 10.6 Å². The number of carbonyl (C=O) groups is 2. The van der Waals surface area contributed by atoms with E-state index in [1.165, 1.54) is 12.7 Å². The predicted octanol–water partition coefficient (Wildman–Crippen LogP) is 2.64. The Morgan fingerprint density at radius 2 is 1.93 bits per heavy atom. The van der Waals surface area contributed by atoms with Crippen LogP contribution in [0.15, 0.2) is 34.9 Å². The van der Waals surface area contributed by atoms with E-state index >= 15 is 0 Å².